The summed E-state index contributed by atoms with van der Waals surface area (Å²) < 4.78 is 63.7. The summed E-state index contributed by atoms with van der Waals surface area (Å²) in [4.78, 5) is 30.4. The second-order valence-electron chi connectivity index (χ2n) is 9.79. The molecule has 0 N–H and O–H groups in total. The van der Waals surface area contributed by atoms with Crippen molar-refractivity contribution in [1.82, 2.24) is 9.88 Å². The second-order valence-corrected chi connectivity index (χ2v) is 9.79. The maximum Gasteiger partial charge on any atom is 0.437 e. The second kappa shape index (κ2) is 8.46. The van der Waals surface area contributed by atoms with Gasteiger partial charge in [-0.1, -0.05) is 0 Å². The lowest BCUT2D eigenvalue weighted by Crippen LogP contribution is -2.46. The van der Waals surface area contributed by atoms with Gasteiger partial charge in [0, 0.05) is 17.4 Å². The number of fused-ring (bicyclic) bond motifs is 3. The molecule has 0 aliphatic carbocycles. The highest BCUT2D eigenvalue weighted by atomic mass is 19.4. The number of carbonyl (C=O) groups is 2. The summed E-state index contributed by atoms with van der Waals surface area (Å²) in [5.41, 5.74) is -2.69. The van der Waals surface area contributed by atoms with E-state index in [0.29, 0.717) is 16.7 Å². The van der Waals surface area contributed by atoms with Crippen molar-refractivity contribution in [2.45, 2.75) is 63.5 Å². The topological polar surface area (TPSA) is 87.2 Å². The van der Waals surface area contributed by atoms with Crippen molar-refractivity contribution >= 4 is 23.0 Å². The fourth-order valence-electron chi connectivity index (χ4n) is 4.65. The van der Waals surface area contributed by atoms with Gasteiger partial charge in [0.25, 0.3) is 0 Å². The van der Waals surface area contributed by atoms with Crippen LogP contribution in [-0.2, 0) is 26.9 Å². The van der Waals surface area contributed by atoms with Crippen LogP contribution in [-0.4, -0.2) is 60.0 Å². The summed E-state index contributed by atoms with van der Waals surface area (Å²) in [5, 5.41) is 0.494. The zero-order valence-corrected chi connectivity index (χ0v) is 20.1. The molecule has 2 aromatic rings. The third kappa shape index (κ3) is 4.68. The number of aromatic nitrogens is 1. The van der Waals surface area contributed by atoms with Crippen molar-refractivity contribution in [2.24, 2.45) is 0 Å². The van der Waals surface area contributed by atoms with Crippen molar-refractivity contribution in [1.29, 1.82) is 0 Å². The van der Waals surface area contributed by atoms with E-state index >= 15 is 0 Å². The van der Waals surface area contributed by atoms with Crippen LogP contribution in [0, 0.1) is 0 Å². The van der Waals surface area contributed by atoms with Crippen LogP contribution in [0.25, 0.3) is 10.9 Å². The summed E-state index contributed by atoms with van der Waals surface area (Å²) in [6.07, 6.45) is -5.08. The molecule has 0 unspecified atom stereocenters. The van der Waals surface area contributed by atoms with Crippen LogP contribution in [0.4, 0.5) is 18.0 Å². The van der Waals surface area contributed by atoms with E-state index in [1.807, 2.05) is 0 Å². The van der Waals surface area contributed by atoms with Gasteiger partial charge in [-0.15, -0.1) is 0 Å². The van der Waals surface area contributed by atoms with Crippen LogP contribution in [0.3, 0.4) is 0 Å². The van der Waals surface area contributed by atoms with Crippen molar-refractivity contribution in [3.05, 3.63) is 29.5 Å². The first-order valence-electron chi connectivity index (χ1n) is 11.1. The van der Waals surface area contributed by atoms with Crippen LogP contribution in [0.5, 0.6) is 11.5 Å². The molecule has 35 heavy (non-hydrogen) atoms. The van der Waals surface area contributed by atoms with Gasteiger partial charge in [-0.2, -0.15) is 13.2 Å². The molecule has 8 nitrogen and oxygen atoms in total. The third-order valence-corrected chi connectivity index (χ3v) is 6.17. The van der Waals surface area contributed by atoms with Gasteiger partial charge in [-0.3, -0.25) is 4.90 Å². The lowest BCUT2D eigenvalue weighted by Gasteiger charge is -2.37. The number of esters is 1. The van der Waals surface area contributed by atoms with Gasteiger partial charge in [0.05, 0.1) is 26.3 Å². The Bertz CT molecular complexity index is 1180. The number of likely N-dealkylation sites (tertiary alicyclic amines) is 1. The molecule has 0 bridgehead atoms. The van der Waals surface area contributed by atoms with Gasteiger partial charge in [-0.25, -0.2) is 14.6 Å². The maximum atomic E-state index is 14.0. The smallest absolute Gasteiger partial charge is 0.437 e. The quantitative estimate of drug-likeness (QED) is 0.566. The number of aryl methyl sites for hydroxylation is 1. The summed E-state index contributed by atoms with van der Waals surface area (Å²) >= 11 is 0. The molecular formula is C24H27F3N2O6. The van der Waals surface area contributed by atoms with Crippen LogP contribution >= 0.6 is 0 Å². The normalized spacial score (nSPS) is 22.1. The molecule has 190 valence electrons. The standard InChI is InChI=1S/C24H27F3N2O6/c1-22(2,3)35-21(31)29-12-23(11-17(29)20(30)33-5)9-8-14-15-10-13(32-4)6-7-16(15)28-19(18(14)34-23)24(25,26)27/h6-7,10,17H,8-9,11-12H2,1-5H3/t17-,23+/m0/s1. The highest BCUT2D eigenvalue weighted by Gasteiger charge is 2.54. The van der Waals surface area contributed by atoms with E-state index in [2.05, 4.69) is 4.98 Å². The van der Waals surface area contributed by atoms with E-state index in [1.54, 1.807) is 32.9 Å². The zero-order chi connectivity index (χ0) is 25.8. The van der Waals surface area contributed by atoms with Crippen LogP contribution in [0.2, 0.25) is 0 Å². The molecule has 0 saturated carbocycles. The Morgan fingerprint density at radius 1 is 1.20 bits per heavy atom. The van der Waals surface area contributed by atoms with Crippen LogP contribution in [0.15, 0.2) is 18.2 Å². The molecule has 4 rings (SSSR count). The Balaban J connectivity index is 1.78. The molecule has 11 heteroatoms. The highest BCUT2D eigenvalue weighted by Crippen LogP contribution is 2.48. The summed E-state index contributed by atoms with van der Waals surface area (Å²) in [7, 11) is 2.65. The average Bonchev–Trinajstić information content (AvgIpc) is 3.14. The SMILES string of the molecule is COC(=O)[C@@H]1C[C@]2(CCc3c(c(C(F)(F)F)nc4ccc(OC)cc34)O2)CN1C(=O)OC(C)(C)C. The number of alkyl halides is 3. The van der Waals surface area contributed by atoms with Gasteiger partial charge in [0.1, 0.15) is 23.0 Å². The molecule has 1 saturated heterocycles. The van der Waals surface area contributed by atoms with E-state index in [4.69, 9.17) is 18.9 Å². The Morgan fingerprint density at radius 3 is 2.51 bits per heavy atom. The zero-order valence-electron chi connectivity index (χ0n) is 20.1. The molecule has 3 heterocycles. The number of carbonyl (C=O) groups excluding carboxylic acids is 2. The van der Waals surface area contributed by atoms with Gasteiger partial charge in [-0.05, 0) is 51.8 Å². The number of hydrogen-bond donors (Lipinski definition) is 0. The first-order valence-corrected chi connectivity index (χ1v) is 11.1. The Labute approximate surface area is 200 Å². The number of nitrogens with zero attached hydrogens (tertiary/aromatic N) is 2. The van der Waals surface area contributed by atoms with Crippen LogP contribution in [0.1, 0.15) is 44.9 Å². The molecular weight excluding hydrogens is 469 g/mol. The van der Waals surface area contributed by atoms with Gasteiger partial charge >= 0.3 is 18.2 Å². The largest absolute Gasteiger partial charge is 0.497 e. The summed E-state index contributed by atoms with van der Waals surface area (Å²) in [5.74, 6) is -0.608. The lowest BCUT2D eigenvalue weighted by atomic mass is 9.87. The van der Waals surface area contributed by atoms with Crippen molar-refractivity contribution in [3.63, 3.8) is 0 Å². The van der Waals surface area contributed by atoms with Gasteiger partial charge in [0.15, 0.2) is 11.4 Å². The third-order valence-electron chi connectivity index (χ3n) is 6.17. The number of ether oxygens (including phenoxy) is 4. The van der Waals surface area contributed by atoms with Crippen LogP contribution < -0.4 is 9.47 Å². The first kappa shape index (κ1) is 24.9. The fourth-order valence-corrected chi connectivity index (χ4v) is 4.65. The Kier molecular flexibility index (Phi) is 6.01. The molecule has 1 spiro atoms. The number of pyridine rings is 1. The molecule has 2 aliphatic heterocycles. The number of hydrogen-bond acceptors (Lipinski definition) is 7. The molecule has 0 radical (unpaired) electrons. The van der Waals surface area contributed by atoms with Gasteiger partial charge in [0.2, 0.25) is 0 Å². The van der Waals surface area contributed by atoms with Crippen molar-refractivity contribution in [2.75, 3.05) is 20.8 Å². The summed E-state index contributed by atoms with van der Waals surface area (Å²) in [6, 6.07) is 3.59. The highest BCUT2D eigenvalue weighted by molar-refractivity contribution is 5.87. The number of halogens is 3. The maximum absolute atomic E-state index is 14.0. The van der Waals surface area contributed by atoms with E-state index < -0.39 is 41.2 Å². The monoisotopic (exact) mass is 496 g/mol. The number of amides is 1. The molecule has 1 aromatic heterocycles. The minimum absolute atomic E-state index is 0.0359. The first-order chi connectivity index (χ1) is 16.3. The van der Waals surface area contributed by atoms with E-state index in [9.17, 15) is 22.8 Å². The van der Waals surface area contributed by atoms with E-state index in [1.165, 1.54) is 25.2 Å². The number of rotatable bonds is 2. The van der Waals surface area contributed by atoms with Gasteiger partial charge < -0.3 is 18.9 Å². The minimum atomic E-state index is -4.78. The Morgan fingerprint density at radius 2 is 1.91 bits per heavy atom. The molecule has 2 aliphatic rings. The van der Waals surface area contributed by atoms with E-state index in [-0.39, 0.29) is 37.1 Å². The molecule has 1 aromatic carbocycles. The van der Waals surface area contributed by atoms with Crippen molar-refractivity contribution < 1.29 is 41.7 Å². The number of methoxy groups -OCH3 is 2. The minimum Gasteiger partial charge on any atom is -0.497 e. The predicted molar refractivity (Wildman–Crippen MR) is 118 cm³/mol. The summed E-state index contributed by atoms with van der Waals surface area (Å²) in [6.45, 7) is 4.91. The fraction of sp³-hybridized carbons (Fsp3) is 0.542. The lowest BCUT2D eigenvalue weighted by molar-refractivity contribution is -0.146. The Hall–Kier alpha value is -3.24. The molecule has 1 amide bonds. The number of benzene rings is 1. The van der Waals surface area contributed by atoms with E-state index in [0.717, 1.165) is 0 Å². The van der Waals surface area contributed by atoms with Crippen molar-refractivity contribution in [3.8, 4) is 11.5 Å². The average molecular weight is 496 g/mol. The molecule has 2 atom stereocenters. The predicted octanol–water partition coefficient (Wildman–Crippen LogP) is 4.51. The molecule has 1 fully saturated rings.